The summed E-state index contributed by atoms with van der Waals surface area (Å²) in [5, 5.41) is 0.589. The predicted octanol–water partition coefficient (Wildman–Crippen LogP) is 2.17. The van der Waals surface area contributed by atoms with Gasteiger partial charge in [-0.2, -0.15) is 0 Å². The highest BCUT2D eigenvalue weighted by molar-refractivity contribution is 6.30. The normalized spacial score (nSPS) is 21.2. The van der Waals surface area contributed by atoms with E-state index in [1.165, 1.54) is 12.8 Å². The van der Waals surface area contributed by atoms with Crippen molar-refractivity contribution in [3.63, 3.8) is 0 Å². The van der Waals surface area contributed by atoms with E-state index in [2.05, 4.69) is 16.8 Å². The molecular formula is C22H33ClN4O2. The highest BCUT2D eigenvalue weighted by Gasteiger charge is 2.44. The van der Waals surface area contributed by atoms with Crippen LogP contribution in [0.2, 0.25) is 5.02 Å². The first-order chi connectivity index (χ1) is 13.7. The Labute approximate surface area is 179 Å². The SMILES string of the molecule is CN1CCC(N2CCN(C(=O)C(C)(C)C(C(N)=O)c3ccc(Cl)cc3)CC2)CC1. The maximum atomic E-state index is 13.4. The predicted molar refractivity (Wildman–Crippen MR) is 116 cm³/mol. The van der Waals surface area contributed by atoms with Crippen molar-refractivity contribution in [2.24, 2.45) is 11.1 Å². The molecule has 2 N–H and O–H groups in total. The number of hydrogen-bond acceptors (Lipinski definition) is 4. The molecule has 3 rings (SSSR count). The summed E-state index contributed by atoms with van der Waals surface area (Å²) >= 11 is 5.98. The van der Waals surface area contributed by atoms with Gasteiger partial charge in [-0.3, -0.25) is 14.5 Å². The molecule has 2 heterocycles. The first kappa shape index (κ1) is 22.1. The van der Waals surface area contributed by atoms with Gasteiger partial charge in [-0.25, -0.2) is 0 Å². The smallest absolute Gasteiger partial charge is 0.229 e. The molecule has 0 radical (unpaired) electrons. The molecule has 160 valence electrons. The lowest BCUT2D eigenvalue weighted by atomic mass is 9.73. The van der Waals surface area contributed by atoms with E-state index in [9.17, 15) is 9.59 Å². The minimum atomic E-state index is -0.921. The standard InChI is InChI=1S/C22H33ClN4O2/c1-22(2,19(20(24)28)16-4-6-17(23)7-5-16)21(29)27-14-12-26(13-15-27)18-8-10-25(3)11-9-18/h4-7,18-19H,8-15H2,1-3H3,(H2,24,28). The van der Waals surface area contributed by atoms with Gasteiger partial charge in [0.15, 0.2) is 0 Å². The second-order valence-corrected chi connectivity index (χ2v) is 9.41. The molecule has 0 aromatic heterocycles. The number of nitrogens with zero attached hydrogens (tertiary/aromatic N) is 3. The molecule has 0 spiro atoms. The number of carbonyl (C=O) groups excluding carboxylic acids is 2. The molecule has 6 nitrogen and oxygen atoms in total. The number of carbonyl (C=O) groups is 2. The zero-order valence-electron chi connectivity index (χ0n) is 17.7. The molecule has 1 atom stereocenters. The molecule has 2 saturated heterocycles. The minimum absolute atomic E-state index is 0.0146. The molecular weight excluding hydrogens is 388 g/mol. The van der Waals surface area contributed by atoms with Crippen molar-refractivity contribution in [2.45, 2.75) is 38.6 Å². The van der Waals surface area contributed by atoms with E-state index in [1.54, 1.807) is 24.3 Å². The third kappa shape index (κ3) is 4.93. The molecule has 2 fully saturated rings. The number of rotatable bonds is 5. The van der Waals surface area contributed by atoms with E-state index < -0.39 is 17.2 Å². The quantitative estimate of drug-likeness (QED) is 0.792. The summed E-state index contributed by atoms with van der Waals surface area (Å²) < 4.78 is 0. The lowest BCUT2D eigenvalue weighted by Crippen LogP contribution is -2.57. The van der Waals surface area contributed by atoms with Gasteiger partial charge < -0.3 is 15.5 Å². The Bertz CT molecular complexity index is 721. The van der Waals surface area contributed by atoms with E-state index in [0.717, 1.165) is 31.7 Å². The first-order valence-corrected chi connectivity index (χ1v) is 10.8. The number of amides is 2. The zero-order valence-corrected chi connectivity index (χ0v) is 18.5. The molecule has 1 unspecified atom stereocenters. The number of piperidine rings is 1. The van der Waals surface area contributed by atoms with Crippen LogP contribution in [-0.2, 0) is 9.59 Å². The fraction of sp³-hybridized carbons (Fsp3) is 0.636. The molecule has 1 aromatic rings. The van der Waals surface area contributed by atoms with Crippen LogP contribution >= 0.6 is 11.6 Å². The number of halogens is 1. The number of likely N-dealkylation sites (tertiary alicyclic amines) is 1. The van der Waals surface area contributed by atoms with E-state index in [1.807, 2.05) is 18.7 Å². The van der Waals surface area contributed by atoms with Gasteiger partial charge in [0, 0.05) is 37.2 Å². The minimum Gasteiger partial charge on any atom is -0.369 e. The summed E-state index contributed by atoms with van der Waals surface area (Å²) in [5.41, 5.74) is 5.54. The Morgan fingerprint density at radius 1 is 1.03 bits per heavy atom. The largest absolute Gasteiger partial charge is 0.369 e. The highest BCUT2D eigenvalue weighted by atomic mass is 35.5. The average Bonchev–Trinajstić information content (AvgIpc) is 2.69. The van der Waals surface area contributed by atoms with Crippen LogP contribution < -0.4 is 5.73 Å². The highest BCUT2D eigenvalue weighted by Crippen LogP contribution is 2.38. The Hall–Kier alpha value is -1.63. The van der Waals surface area contributed by atoms with Gasteiger partial charge in [0.05, 0.1) is 11.3 Å². The van der Waals surface area contributed by atoms with E-state index in [0.29, 0.717) is 24.2 Å². The van der Waals surface area contributed by atoms with Gasteiger partial charge in [0.2, 0.25) is 11.8 Å². The van der Waals surface area contributed by atoms with Gasteiger partial charge in [0.1, 0.15) is 0 Å². The van der Waals surface area contributed by atoms with Crippen LogP contribution in [0.3, 0.4) is 0 Å². The van der Waals surface area contributed by atoms with Gasteiger partial charge in [0.25, 0.3) is 0 Å². The van der Waals surface area contributed by atoms with Gasteiger partial charge >= 0.3 is 0 Å². The van der Waals surface area contributed by atoms with Crippen molar-refractivity contribution in [1.82, 2.24) is 14.7 Å². The van der Waals surface area contributed by atoms with Crippen molar-refractivity contribution in [3.8, 4) is 0 Å². The van der Waals surface area contributed by atoms with Crippen LogP contribution in [0.15, 0.2) is 24.3 Å². The summed E-state index contributed by atoms with van der Waals surface area (Å²) in [6.45, 7) is 9.08. The van der Waals surface area contributed by atoms with Crippen LogP contribution in [0.25, 0.3) is 0 Å². The van der Waals surface area contributed by atoms with Crippen molar-refractivity contribution >= 4 is 23.4 Å². The van der Waals surface area contributed by atoms with Crippen molar-refractivity contribution < 1.29 is 9.59 Å². The molecule has 29 heavy (non-hydrogen) atoms. The van der Waals surface area contributed by atoms with E-state index >= 15 is 0 Å². The number of piperazine rings is 1. The summed E-state index contributed by atoms with van der Waals surface area (Å²) in [6.07, 6.45) is 2.38. The lowest BCUT2D eigenvalue weighted by Gasteiger charge is -2.44. The van der Waals surface area contributed by atoms with Gasteiger partial charge in [-0.15, -0.1) is 0 Å². The molecule has 0 aliphatic carbocycles. The molecule has 0 saturated carbocycles. The van der Waals surface area contributed by atoms with Crippen LogP contribution in [-0.4, -0.2) is 78.9 Å². The maximum absolute atomic E-state index is 13.4. The van der Waals surface area contributed by atoms with E-state index in [4.69, 9.17) is 17.3 Å². The fourth-order valence-electron chi connectivity index (χ4n) is 4.77. The second-order valence-electron chi connectivity index (χ2n) is 8.97. The number of primary amides is 1. The zero-order chi connectivity index (χ0) is 21.2. The van der Waals surface area contributed by atoms with Crippen molar-refractivity contribution in [3.05, 3.63) is 34.9 Å². The Morgan fingerprint density at radius 3 is 2.10 bits per heavy atom. The number of hydrogen-bond donors (Lipinski definition) is 1. The average molecular weight is 421 g/mol. The monoisotopic (exact) mass is 420 g/mol. The topological polar surface area (TPSA) is 69.9 Å². The fourth-order valence-corrected chi connectivity index (χ4v) is 4.90. The van der Waals surface area contributed by atoms with Crippen LogP contribution in [0.4, 0.5) is 0 Å². The molecule has 1 aromatic carbocycles. The molecule has 2 amide bonds. The summed E-state index contributed by atoms with van der Waals surface area (Å²) in [5.74, 6) is -1.20. The summed E-state index contributed by atoms with van der Waals surface area (Å²) in [6, 6.07) is 7.64. The Balaban J connectivity index is 1.66. The molecule has 7 heteroatoms. The van der Waals surface area contributed by atoms with Crippen molar-refractivity contribution in [1.29, 1.82) is 0 Å². The molecule has 0 bridgehead atoms. The number of nitrogens with two attached hydrogens (primary N) is 1. The van der Waals surface area contributed by atoms with E-state index in [-0.39, 0.29) is 5.91 Å². The third-order valence-corrected chi connectivity index (χ3v) is 6.82. The maximum Gasteiger partial charge on any atom is 0.229 e. The Morgan fingerprint density at radius 2 is 1.59 bits per heavy atom. The van der Waals surface area contributed by atoms with Gasteiger partial charge in [-0.05, 0) is 64.5 Å². The summed E-state index contributed by atoms with van der Waals surface area (Å²) in [7, 11) is 2.17. The second kappa shape index (κ2) is 9.02. The van der Waals surface area contributed by atoms with Crippen molar-refractivity contribution in [2.75, 3.05) is 46.3 Å². The van der Waals surface area contributed by atoms with Crippen LogP contribution in [0.1, 0.15) is 38.2 Å². The molecule has 2 aliphatic heterocycles. The first-order valence-electron chi connectivity index (χ1n) is 10.5. The molecule has 2 aliphatic rings. The lowest BCUT2D eigenvalue weighted by molar-refractivity contribution is -0.146. The summed E-state index contributed by atoms with van der Waals surface area (Å²) in [4.78, 5) is 32.5. The van der Waals surface area contributed by atoms with Gasteiger partial charge in [-0.1, -0.05) is 23.7 Å². The number of benzene rings is 1. The van der Waals surface area contributed by atoms with Crippen LogP contribution in [0.5, 0.6) is 0 Å². The van der Waals surface area contributed by atoms with Crippen LogP contribution in [0, 0.1) is 5.41 Å². The third-order valence-electron chi connectivity index (χ3n) is 6.57. The Kier molecular flexibility index (Phi) is 6.87.